The Morgan fingerprint density at radius 1 is 0.867 bits per heavy atom. The molecule has 0 aliphatic carbocycles. The lowest BCUT2D eigenvalue weighted by molar-refractivity contribution is -0.140. The minimum Gasteiger partial charge on any atom is -0.354 e. The Hall–Kier alpha value is -2.62. The molecule has 1 unspecified atom stereocenters. The van der Waals surface area contributed by atoms with E-state index < -0.39 is 6.04 Å². The molecule has 0 saturated heterocycles. The van der Waals surface area contributed by atoms with Crippen molar-refractivity contribution in [1.82, 2.24) is 10.2 Å². The van der Waals surface area contributed by atoms with Gasteiger partial charge in [0.15, 0.2) is 0 Å². The second kappa shape index (κ2) is 11.5. The SMILES string of the molecule is CC(C)CNC(=O)C(C)N(Cc1ccccc1)C(=O)CCc1ccc(C(C)C)cc1. The number of hydrogen-bond acceptors (Lipinski definition) is 2. The van der Waals surface area contributed by atoms with Gasteiger partial charge in [0.05, 0.1) is 0 Å². The molecule has 0 bridgehead atoms. The van der Waals surface area contributed by atoms with E-state index in [4.69, 9.17) is 0 Å². The van der Waals surface area contributed by atoms with Crippen molar-refractivity contribution in [3.63, 3.8) is 0 Å². The van der Waals surface area contributed by atoms with Gasteiger partial charge in [0.25, 0.3) is 0 Å². The molecule has 0 fully saturated rings. The van der Waals surface area contributed by atoms with E-state index in [0.29, 0.717) is 37.8 Å². The molecule has 1 atom stereocenters. The van der Waals surface area contributed by atoms with Gasteiger partial charge in [-0.15, -0.1) is 0 Å². The predicted octanol–water partition coefficient (Wildman–Crippen LogP) is 4.93. The van der Waals surface area contributed by atoms with Gasteiger partial charge in [0.1, 0.15) is 6.04 Å². The Morgan fingerprint density at radius 2 is 1.50 bits per heavy atom. The summed E-state index contributed by atoms with van der Waals surface area (Å²) in [6.07, 6.45) is 1.05. The number of nitrogens with one attached hydrogen (secondary N) is 1. The lowest BCUT2D eigenvalue weighted by Gasteiger charge is -2.29. The van der Waals surface area contributed by atoms with E-state index in [-0.39, 0.29) is 11.8 Å². The fourth-order valence-corrected chi connectivity index (χ4v) is 3.28. The first-order valence-corrected chi connectivity index (χ1v) is 11.0. The first-order valence-electron chi connectivity index (χ1n) is 11.0. The summed E-state index contributed by atoms with van der Waals surface area (Å²) in [6, 6.07) is 17.8. The van der Waals surface area contributed by atoms with Crippen molar-refractivity contribution in [2.75, 3.05) is 6.54 Å². The molecule has 1 N–H and O–H groups in total. The van der Waals surface area contributed by atoms with E-state index in [1.54, 1.807) is 4.90 Å². The van der Waals surface area contributed by atoms with E-state index in [2.05, 4.69) is 57.3 Å². The Kier molecular flexibility index (Phi) is 9.10. The summed E-state index contributed by atoms with van der Waals surface area (Å²) >= 11 is 0. The maximum atomic E-state index is 13.1. The fraction of sp³-hybridized carbons (Fsp3) is 0.462. The molecule has 4 heteroatoms. The standard InChI is InChI=1S/C26H36N2O2/c1-19(2)17-27-26(30)21(5)28(18-23-9-7-6-8-10-23)25(29)16-13-22-11-14-24(15-12-22)20(3)4/h6-12,14-15,19-21H,13,16-18H2,1-5H3,(H,27,30). The molecule has 0 spiro atoms. The number of carbonyl (C=O) groups is 2. The zero-order valence-electron chi connectivity index (χ0n) is 19.0. The molecule has 0 aliphatic rings. The van der Waals surface area contributed by atoms with Crippen molar-refractivity contribution >= 4 is 11.8 Å². The molecule has 0 saturated carbocycles. The molecular formula is C26H36N2O2. The van der Waals surface area contributed by atoms with Crippen molar-refractivity contribution in [2.24, 2.45) is 5.92 Å². The van der Waals surface area contributed by atoms with Crippen LogP contribution in [0.5, 0.6) is 0 Å². The average Bonchev–Trinajstić information content (AvgIpc) is 2.74. The van der Waals surface area contributed by atoms with Gasteiger partial charge in [-0.1, -0.05) is 82.3 Å². The Morgan fingerprint density at radius 3 is 2.07 bits per heavy atom. The van der Waals surface area contributed by atoms with Crippen LogP contribution in [-0.2, 0) is 22.6 Å². The summed E-state index contributed by atoms with van der Waals surface area (Å²) in [5.41, 5.74) is 3.46. The minimum absolute atomic E-state index is 0.000939. The van der Waals surface area contributed by atoms with Gasteiger partial charge in [-0.25, -0.2) is 0 Å². The quantitative estimate of drug-likeness (QED) is 0.606. The van der Waals surface area contributed by atoms with Gasteiger partial charge in [-0.3, -0.25) is 9.59 Å². The highest BCUT2D eigenvalue weighted by Gasteiger charge is 2.25. The first kappa shape index (κ1) is 23.7. The van der Waals surface area contributed by atoms with Crippen LogP contribution in [0.1, 0.15) is 63.6 Å². The largest absolute Gasteiger partial charge is 0.354 e. The van der Waals surface area contributed by atoms with E-state index in [0.717, 1.165) is 11.1 Å². The van der Waals surface area contributed by atoms with Crippen molar-refractivity contribution in [1.29, 1.82) is 0 Å². The number of nitrogens with zero attached hydrogens (tertiary/aromatic N) is 1. The zero-order chi connectivity index (χ0) is 22.1. The van der Waals surface area contributed by atoms with Crippen LogP contribution in [-0.4, -0.2) is 29.3 Å². The van der Waals surface area contributed by atoms with Gasteiger partial charge in [-0.05, 0) is 41.9 Å². The summed E-state index contributed by atoms with van der Waals surface area (Å²) < 4.78 is 0. The molecule has 30 heavy (non-hydrogen) atoms. The molecule has 162 valence electrons. The third kappa shape index (κ3) is 7.33. The molecule has 2 rings (SSSR count). The molecule has 4 nitrogen and oxygen atoms in total. The van der Waals surface area contributed by atoms with Crippen LogP contribution in [0.3, 0.4) is 0 Å². The monoisotopic (exact) mass is 408 g/mol. The summed E-state index contributed by atoms with van der Waals surface area (Å²) in [6.45, 7) is 11.3. The first-order chi connectivity index (χ1) is 14.3. The normalized spacial score (nSPS) is 12.1. The Bertz CT molecular complexity index is 798. The molecule has 2 aromatic carbocycles. The maximum Gasteiger partial charge on any atom is 0.242 e. The second-order valence-corrected chi connectivity index (χ2v) is 8.72. The molecule has 0 aromatic heterocycles. The number of carbonyl (C=O) groups excluding carboxylic acids is 2. The van der Waals surface area contributed by atoms with Crippen molar-refractivity contribution in [3.05, 3.63) is 71.3 Å². The highest BCUT2D eigenvalue weighted by molar-refractivity contribution is 5.87. The molecule has 2 amide bonds. The number of rotatable bonds is 10. The number of hydrogen-bond donors (Lipinski definition) is 1. The van der Waals surface area contributed by atoms with Crippen molar-refractivity contribution < 1.29 is 9.59 Å². The van der Waals surface area contributed by atoms with Gasteiger partial charge in [0.2, 0.25) is 11.8 Å². The van der Waals surface area contributed by atoms with E-state index in [1.165, 1.54) is 5.56 Å². The van der Waals surface area contributed by atoms with E-state index in [1.807, 2.05) is 37.3 Å². The molecule has 0 heterocycles. The number of aryl methyl sites for hydroxylation is 1. The summed E-state index contributed by atoms with van der Waals surface area (Å²) in [4.78, 5) is 27.5. The van der Waals surface area contributed by atoms with E-state index >= 15 is 0 Å². The van der Waals surface area contributed by atoms with Crippen molar-refractivity contribution in [3.8, 4) is 0 Å². The van der Waals surface area contributed by atoms with Gasteiger partial charge in [-0.2, -0.15) is 0 Å². The number of amides is 2. The summed E-state index contributed by atoms with van der Waals surface area (Å²) in [5.74, 6) is 0.758. The predicted molar refractivity (Wildman–Crippen MR) is 123 cm³/mol. The molecular weight excluding hydrogens is 372 g/mol. The minimum atomic E-state index is -0.514. The second-order valence-electron chi connectivity index (χ2n) is 8.72. The van der Waals surface area contributed by atoms with Gasteiger partial charge < -0.3 is 10.2 Å². The third-order valence-corrected chi connectivity index (χ3v) is 5.32. The van der Waals surface area contributed by atoms with Crippen LogP contribution in [0.25, 0.3) is 0 Å². The van der Waals surface area contributed by atoms with Crippen molar-refractivity contribution in [2.45, 2.75) is 66.0 Å². The van der Waals surface area contributed by atoms with Gasteiger partial charge in [0, 0.05) is 19.5 Å². The zero-order valence-corrected chi connectivity index (χ0v) is 19.0. The lowest BCUT2D eigenvalue weighted by Crippen LogP contribution is -2.48. The summed E-state index contributed by atoms with van der Waals surface area (Å²) in [7, 11) is 0. The Labute approximate surface area is 181 Å². The van der Waals surface area contributed by atoms with Crippen LogP contribution in [0, 0.1) is 5.92 Å². The van der Waals surface area contributed by atoms with E-state index in [9.17, 15) is 9.59 Å². The molecule has 2 aromatic rings. The van der Waals surface area contributed by atoms with Crippen LogP contribution >= 0.6 is 0 Å². The highest BCUT2D eigenvalue weighted by Crippen LogP contribution is 2.17. The van der Waals surface area contributed by atoms with Gasteiger partial charge >= 0.3 is 0 Å². The topological polar surface area (TPSA) is 49.4 Å². The van der Waals surface area contributed by atoms with Crippen LogP contribution in [0.15, 0.2) is 54.6 Å². The fourth-order valence-electron chi connectivity index (χ4n) is 3.28. The lowest BCUT2D eigenvalue weighted by atomic mass is 10.00. The smallest absolute Gasteiger partial charge is 0.242 e. The average molecular weight is 409 g/mol. The van der Waals surface area contributed by atoms with Crippen LogP contribution < -0.4 is 5.32 Å². The third-order valence-electron chi connectivity index (χ3n) is 5.32. The molecule has 0 aliphatic heterocycles. The van der Waals surface area contributed by atoms with Crippen LogP contribution in [0.4, 0.5) is 0 Å². The maximum absolute atomic E-state index is 13.1. The number of benzene rings is 2. The highest BCUT2D eigenvalue weighted by atomic mass is 16.2. The Balaban J connectivity index is 2.07. The summed E-state index contributed by atoms with van der Waals surface area (Å²) in [5, 5.41) is 2.96. The van der Waals surface area contributed by atoms with Crippen LogP contribution in [0.2, 0.25) is 0 Å². The molecule has 0 radical (unpaired) electrons.